The summed E-state index contributed by atoms with van der Waals surface area (Å²) in [6.45, 7) is 9.78. The highest BCUT2D eigenvalue weighted by Gasteiger charge is 2.31. The van der Waals surface area contributed by atoms with Crippen molar-refractivity contribution in [3.8, 4) is 6.07 Å². The number of nitriles is 1. The summed E-state index contributed by atoms with van der Waals surface area (Å²) in [5.41, 5.74) is 4.37. The van der Waals surface area contributed by atoms with Crippen LogP contribution in [0.1, 0.15) is 45.5 Å². The van der Waals surface area contributed by atoms with Gasteiger partial charge in [0.05, 0.1) is 17.6 Å². The number of amides is 2. The average Bonchev–Trinajstić information content (AvgIpc) is 2.77. The third-order valence-electron chi connectivity index (χ3n) is 5.64. The number of carbonyl (C=O) groups excluding carboxylic acids is 2. The molecule has 0 aromatic heterocycles. The molecule has 0 N–H and O–H groups in total. The molecule has 0 saturated carbocycles. The Kier molecular flexibility index (Phi) is 7.25. The highest BCUT2D eigenvalue weighted by molar-refractivity contribution is 5.95. The molecule has 0 aliphatic carbocycles. The van der Waals surface area contributed by atoms with Crippen LogP contribution in [0.25, 0.3) is 0 Å². The van der Waals surface area contributed by atoms with Crippen LogP contribution in [0.4, 0.5) is 0 Å². The Balaban J connectivity index is 1.71. The summed E-state index contributed by atoms with van der Waals surface area (Å²) < 4.78 is 0. The maximum Gasteiger partial charge on any atom is 0.253 e. The number of hydrogen-bond acceptors (Lipinski definition) is 3. The van der Waals surface area contributed by atoms with Gasteiger partial charge in [0, 0.05) is 31.7 Å². The predicted octanol–water partition coefficient (Wildman–Crippen LogP) is 4.24. The van der Waals surface area contributed by atoms with Crippen molar-refractivity contribution >= 4 is 11.8 Å². The fourth-order valence-electron chi connectivity index (χ4n) is 4.20. The molecule has 5 nitrogen and oxygen atoms in total. The Morgan fingerprint density at radius 1 is 1.19 bits per heavy atom. The molecule has 1 atom stereocenters. The second kappa shape index (κ2) is 10.1. The van der Waals surface area contributed by atoms with Crippen LogP contribution in [-0.4, -0.2) is 41.2 Å². The van der Waals surface area contributed by atoms with Crippen molar-refractivity contribution in [1.29, 1.82) is 5.26 Å². The normalized spacial score (nSPS) is 15.8. The third kappa shape index (κ3) is 5.61. The second-order valence-corrected chi connectivity index (χ2v) is 8.28. The quantitative estimate of drug-likeness (QED) is 0.663. The molecule has 1 aliphatic heterocycles. The van der Waals surface area contributed by atoms with Crippen LogP contribution in [0.5, 0.6) is 0 Å². The van der Waals surface area contributed by atoms with Gasteiger partial charge in [-0.2, -0.15) is 5.26 Å². The summed E-state index contributed by atoms with van der Waals surface area (Å²) in [7, 11) is 0. The van der Waals surface area contributed by atoms with Crippen LogP contribution in [0, 0.1) is 31.1 Å². The standard InChI is InChI=1S/C26H29N3O2/c1-4-11-28(17-22-9-7-21(16-27)8-10-22)25(30)23-6-5-12-29(18-23)26(31)24-14-19(2)13-20(3)15-24/h4,7-10,13-15,23H,1,5-6,11-12,17-18H2,2-3H3. The largest absolute Gasteiger partial charge is 0.338 e. The second-order valence-electron chi connectivity index (χ2n) is 8.28. The Morgan fingerprint density at radius 2 is 1.87 bits per heavy atom. The zero-order valence-corrected chi connectivity index (χ0v) is 18.3. The summed E-state index contributed by atoms with van der Waals surface area (Å²) in [5, 5.41) is 8.98. The lowest BCUT2D eigenvalue weighted by Gasteiger charge is -2.35. The third-order valence-corrected chi connectivity index (χ3v) is 5.64. The number of carbonyl (C=O) groups is 2. The van der Waals surface area contributed by atoms with Crippen LogP contribution in [0.2, 0.25) is 0 Å². The first-order chi connectivity index (χ1) is 14.9. The van der Waals surface area contributed by atoms with Crippen molar-refractivity contribution in [3.05, 3.63) is 82.9 Å². The van der Waals surface area contributed by atoms with Crippen LogP contribution >= 0.6 is 0 Å². The molecule has 5 heteroatoms. The molecule has 1 fully saturated rings. The first kappa shape index (κ1) is 22.3. The predicted molar refractivity (Wildman–Crippen MR) is 121 cm³/mol. The Morgan fingerprint density at radius 3 is 2.48 bits per heavy atom. The Hall–Kier alpha value is -3.39. The van der Waals surface area contributed by atoms with Gasteiger partial charge < -0.3 is 9.80 Å². The van der Waals surface area contributed by atoms with E-state index < -0.39 is 0 Å². The first-order valence-electron chi connectivity index (χ1n) is 10.7. The van der Waals surface area contributed by atoms with Crippen LogP contribution in [0.15, 0.2) is 55.1 Å². The number of nitrogens with zero attached hydrogens (tertiary/aromatic N) is 3. The smallest absolute Gasteiger partial charge is 0.253 e. The fraction of sp³-hybridized carbons (Fsp3) is 0.346. The van der Waals surface area contributed by atoms with Gasteiger partial charge in [0.15, 0.2) is 0 Å². The van der Waals surface area contributed by atoms with Crippen molar-refractivity contribution in [1.82, 2.24) is 9.80 Å². The average molecular weight is 416 g/mol. The van der Waals surface area contributed by atoms with Crippen molar-refractivity contribution in [2.45, 2.75) is 33.2 Å². The maximum atomic E-state index is 13.3. The molecule has 2 amide bonds. The van der Waals surface area contributed by atoms with Crippen molar-refractivity contribution in [3.63, 3.8) is 0 Å². The van der Waals surface area contributed by atoms with Gasteiger partial charge in [0.1, 0.15) is 0 Å². The number of hydrogen-bond donors (Lipinski definition) is 0. The zero-order chi connectivity index (χ0) is 22.4. The van der Waals surface area contributed by atoms with Gasteiger partial charge in [0.2, 0.25) is 5.91 Å². The van der Waals surface area contributed by atoms with Gasteiger partial charge in [-0.05, 0) is 56.5 Å². The summed E-state index contributed by atoms with van der Waals surface area (Å²) >= 11 is 0. The molecular formula is C26H29N3O2. The molecule has 1 heterocycles. The molecular weight excluding hydrogens is 386 g/mol. The highest BCUT2D eigenvalue weighted by atomic mass is 16.2. The number of aryl methyl sites for hydroxylation is 2. The van der Waals surface area contributed by atoms with Crippen molar-refractivity contribution < 1.29 is 9.59 Å². The summed E-state index contributed by atoms with van der Waals surface area (Å²) in [6.07, 6.45) is 3.31. The lowest BCUT2D eigenvalue weighted by Crippen LogP contribution is -2.46. The van der Waals surface area contributed by atoms with Gasteiger partial charge in [-0.1, -0.05) is 35.4 Å². The molecule has 0 spiro atoms. The van der Waals surface area contributed by atoms with Crippen LogP contribution < -0.4 is 0 Å². The molecule has 0 radical (unpaired) electrons. The molecule has 1 saturated heterocycles. The number of rotatable bonds is 6. The summed E-state index contributed by atoms with van der Waals surface area (Å²) in [6, 6.07) is 15.3. The van der Waals surface area contributed by atoms with Gasteiger partial charge in [-0.15, -0.1) is 6.58 Å². The lowest BCUT2D eigenvalue weighted by molar-refractivity contribution is -0.137. The highest BCUT2D eigenvalue weighted by Crippen LogP contribution is 2.22. The van der Waals surface area contributed by atoms with Gasteiger partial charge in [0.25, 0.3) is 5.91 Å². The molecule has 3 rings (SSSR count). The molecule has 2 aromatic carbocycles. The van der Waals surface area contributed by atoms with E-state index in [4.69, 9.17) is 5.26 Å². The monoisotopic (exact) mass is 415 g/mol. The molecule has 31 heavy (non-hydrogen) atoms. The van der Waals surface area contributed by atoms with E-state index in [1.165, 1.54) is 0 Å². The molecule has 160 valence electrons. The summed E-state index contributed by atoms with van der Waals surface area (Å²) in [4.78, 5) is 30.0. The summed E-state index contributed by atoms with van der Waals surface area (Å²) in [5.74, 6) is -0.184. The minimum atomic E-state index is -0.220. The Bertz CT molecular complexity index is 984. The van der Waals surface area contributed by atoms with Gasteiger partial charge >= 0.3 is 0 Å². The van der Waals surface area contributed by atoms with E-state index in [9.17, 15) is 9.59 Å². The van der Waals surface area contributed by atoms with E-state index in [1.54, 1.807) is 23.1 Å². The lowest BCUT2D eigenvalue weighted by atomic mass is 9.95. The minimum Gasteiger partial charge on any atom is -0.338 e. The van der Waals surface area contributed by atoms with E-state index >= 15 is 0 Å². The van der Waals surface area contributed by atoms with Crippen LogP contribution in [-0.2, 0) is 11.3 Å². The molecule has 1 aliphatic rings. The van der Waals surface area contributed by atoms with E-state index in [0.717, 1.165) is 29.5 Å². The molecule has 1 unspecified atom stereocenters. The molecule has 2 aromatic rings. The number of benzene rings is 2. The number of likely N-dealkylation sites (tertiary alicyclic amines) is 1. The first-order valence-corrected chi connectivity index (χ1v) is 10.7. The maximum absolute atomic E-state index is 13.3. The SMILES string of the molecule is C=CCN(Cc1ccc(C#N)cc1)C(=O)C1CCCN(C(=O)c2cc(C)cc(C)c2)C1. The zero-order valence-electron chi connectivity index (χ0n) is 18.3. The van der Waals surface area contributed by atoms with Crippen molar-refractivity contribution in [2.75, 3.05) is 19.6 Å². The van der Waals surface area contributed by atoms with Gasteiger partial charge in [-0.3, -0.25) is 9.59 Å². The van der Waals surface area contributed by atoms with E-state index in [1.807, 2.05) is 43.0 Å². The minimum absolute atomic E-state index is 0.00772. The Labute approximate surface area is 184 Å². The molecule has 0 bridgehead atoms. The number of piperidine rings is 1. The van der Waals surface area contributed by atoms with E-state index in [-0.39, 0.29) is 17.7 Å². The van der Waals surface area contributed by atoms with Crippen molar-refractivity contribution in [2.24, 2.45) is 5.92 Å². The fourth-order valence-corrected chi connectivity index (χ4v) is 4.20. The topological polar surface area (TPSA) is 64.4 Å². The van der Waals surface area contributed by atoms with Gasteiger partial charge in [-0.25, -0.2) is 0 Å². The van der Waals surface area contributed by atoms with E-state index in [0.29, 0.717) is 37.3 Å². The van der Waals surface area contributed by atoms with E-state index in [2.05, 4.69) is 18.7 Å². The van der Waals surface area contributed by atoms with Crippen LogP contribution in [0.3, 0.4) is 0 Å².